The number of phenols is 1. The lowest BCUT2D eigenvalue weighted by Gasteiger charge is -2.19. The molecule has 40 heavy (non-hydrogen) atoms. The molecule has 2 unspecified atom stereocenters. The summed E-state index contributed by atoms with van der Waals surface area (Å²) < 4.78 is 0. The second-order valence-electron chi connectivity index (χ2n) is 9.29. The molecular formula is C28H23N9O3. The summed E-state index contributed by atoms with van der Waals surface area (Å²) >= 11 is 0. The molecule has 0 bridgehead atoms. The van der Waals surface area contributed by atoms with Gasteiger partial charge in [0, 0.05) is 23.3 Å². The molecule has 1 fully saturated rings. The fraction of sp³-hybridized carbons (Fsp3) is 0.107. The minimum absolute atomic E-state index is 0.0142. The van der Waals surface area contributed by atoms with Crippen LogP contribution in [0.5, 0.6) is 5.75 Å². The van der Waals surface area contributed by atoms with E-state index >= 15 is 0 Å². The van der Waals surface area contributed by atoms with Crippen LogP contribution in [0.3, 0.4) is 0 Å². The smallest absolute Gasteiger partial charge is 0.323 e. The number of imidazole rings is 1. The maximum absolute atomic E-state index is 13.3. The summed E-state index contributed by atoms with van der Waals surface area (Å²) in [5.74, 6) is -0.563. The standard InChI is InChI=1S/C28H23N9O3/c1-15-20(14-29)26(37(36-15)23-8-4-5-11-30-23)35-34-24-18-7-3-2-6-16(18)12-19(25(24)38)27(39)31-17-9-10-21-22(13-17)33-28(40)32-21/h2-13,15,20,34,36,38H,1H3,(H,31,39)(H2,32,33,40)/b35-26-. The number of carbonyl (C=O) groups excluding carboxylic acids is 1. The number of H-pyrrole nitrogens is 2. The van der Waals surface area contributed by atoms with Crippen molar-refractivity contribution in [1.29, 1.82) is 5.26 Å². The van der Waals surface area contributed by atoms with E-state index in [1.54, 1.807) is 53.7 Å². The average Bonchev–Trinajstić information content (AvgIpc) is 3.50. The first kappa shape index (κ1) is 24.7. The number of phenolic OH excluding ortho intramolecular Hbond substituents is 1. The monoisotopic (exact) mass is 533 g/mol. The summed E-state index contributed by atoms with van der Waals surface area (Å²) in [4.78, 5) is 34.6. The summed E-state index contributed by atoms with van der Waals surface area (Å²) in [6, 6.07) is 21.2. The Bertz CT molecular complexity index is 1890. The zero-order chi connectivity index (χ0) is 27.8. The van der Waals surface area contributed by atoms with Gasteiger partial charge in [-0.15, -0.1) is 0 Å². The van der Waals surface area contributed by atoms with Crippen molar-refractivity contribution in [1.82, 2.24) is 20.4 Å². The number of aromatic amines is 2. The molecule has 12 nitrogen and oxygen atoms in total. The number of hydrogen-bond acceptors (Lipinski definition) is 8. The molecule has 1 amide bonds. The van der Waals surface area contributed by atoms with Gasteiger partial charge in [0.25, 0.3) is 5.91 Å². The Balaban J connectivity index is 1.38. The lowest BCUT2D eigenvalue weighted by Crippen LogP contribution is -2.37. The third kappa shape index (κ3) is 4.36. The van der Waals surface area contributed by atoms with Crippen LogP contribution in [0.25, 0.3) is 21.8 Å². The van der Waals surface area contributed by atoms with Crippen molar-refractivity contribution in [3.8, 4) is 11.8 Å². The first-order valence-corrected chi connectivity index (χ1v) is 12.4. The van der Waals surface area contributed by atoms with E-state index < -0.39 is 11.8 Å². The van der Waals surface area contributed by atoms with Gasteiger partial charge in [0.1, 0.15) is 17.4 Å². The molecule has 6 N–H and O–H groups in total. The third-order valence-corrected chi connectivity index (χ3v) is 6.68. The normalized spacial score (nSPS) is 17.8. The van der Waals surface area contributed by atoms with Crippen LogP contribution in [0.4, 0.5) is 17.2 Å². The SMILES string of the molecule is CC1NN(c2ccccn2)/C(=N\Nc2c(O)c(C(=O)Nc3ccc4[nH]c(=O)[nH]c4c3)cc3ccccc23)C1C#N. The summed E-state index contributed by atoms with van der Waals surface area (Å²) in [6.07, 6.45) is 1.64. The van der Waals surface area contributed by atoms with Crippen LogP contribution in [-0.2, 0) is 0 Å². The van der Waals surface area contributed by atoms with Crippen LogP contribution in [-0.4, -0.2) is 37.8 Å². The van der Waals surface area contributed by atoms with Crippen LogP contribution < -0.4 is 26.9 Å². The van der Waals surface area contributed by atoms with Crippen molar-refractivity contribution in [2.75, 3.05) is 15.8 Å². The van der Waals surface area contributed by atoms with Gasteiger partial charge in [-0.2, -0.15) is 10.4 Å². The fourth-order valence-electron chi connectivity index (χ4n) is 4.71. The predicted molar refractivity (Wildman–Crippen MR) is 152 cm³/mol. The highest BCUT2D eigenvalue weighted by Crippen LogP contribution is 2.37. The van der Waals surface area contributed by atoms with Gasteiger partial charge in [-0.1, -0.05) is 30.3 Å². The van der Waals surface area contributed by atoms with E-state index in [1.807, 2.05) is 31.2 Å². The molecule has 6 rings (SSSR count). The number of nitriles is 1. The van der Waals surface area contributed by atoms with Crippen molar-refractivity contribution in [3.05, 3.63) is 89.0 Å². The van der Waals surface area contributed by atoms with E-state index in [0.717, 1.165) is 0 Å². The molecule has 0 saturated carbocycles. The second kappa shape index (κ2) is 9.90. The molecule has 3 aromatic carbocycles. The van der Waals surface area contributed by atoms with Crippen molar-refractivity contribution in [2.45, 2.75) is 13.0 Å². The molecule has 2 atom stereocenters. The Kier molecular flexibility index (Phi) is 6.10. The molecule has 1 aliphatic rings. The Morgan fingerprint density at radius 1 is 1.10 bits per heavy atom. The zero-order valence-corrected chi connectivity index (χ0v) is 21.1. The van der Waals surface area contributed by atoms with Gasteiger partial charge in [0.15, 0.2) is 11.6 Å². The highest BCUT2D eigenvalue weighted by Gasteiger charge is 2.37. The van der Waals surface area contributed by atoms with E-state index in [4.69, 9.17) is 0 Å². The quantitative estimate of drug-likeness (QED) is 0.147. The molecule has 3 heterocycles. The first-order chi connectivity index (χ1) is 19.4. The van der Waals surface area contributed by atoms with Crippen molar-refractivity contribution in [3.63, 3.8) is 0 Å². The topological polar surface area (TPSA) is 174 Å². The number of nitrogens with one attached hydrogen (secondary N) is 5. The van der Waals surface area contributed by atoms with Crippen LogP contribution in [0.15, 0.2) is 82.8 Å². The number of amides is 1. The Hall–Kier alpha value is -5.67. The molecular weight excluding hydrogens is 510 g/mol. The molecule has 12 heteroatoms. The second-order valence-corrected chi connectivity index (χ2v) is 9.29. The fourth-order valence-corrected chi connectivity index (χ4v) is 4.71. The summed E-state index contributed by atoms with van der Waals surface area (Å²) in [5.41, 5.74) is 7.57. The number of amidine groups is 1. The Morgan fingerprint density at radius 2 is 1.90 bits per heavy atom. The van der Waals surface area contributed by atoms with E-state index in [9.17, 15) is 20.0 Å². The van der Waals surface area contributed by atoms with Gasteiger partial charge >= 0.3 is 5.69 Å². The van der Waals surface area contributed by atoms with Crippen molar-refractivity contribution >= 4 is 50.7 Å². The number of pyridine rings is 1. The van der Waals surface area contributed by atoms with Gasteiger partial charge in [-0.25, -0.2) is 20.2 Å². The highest BCUT2D eigenvalue weighted by molar-refractivity contribution is 6.13. The molecule has 1 saturated heterocycles. The number of hydrazone groups is 1. The predicted octanol–water partition coefficient (Wildman–Crippen LogP) is 3.64. The largest absolute Gasteiger partial charge is 0.505 e. The number of benzene rings is 3. The molecule has 0 spiro atoms. The summed E-state index contributed by atoms with van der Waals surface area (Å²) in [5, 5.41) is 31.4. The number of nitrogens with zero attached hydrogens (tertiary/aromatic N) is 4. The molecule has 2 aromatic heterocycles. The maximum atomic E-state index is 13.3. The van der Waals surface area contributed by atoms with Crippen molar-refractivity contribution < 1.29 is 9.90 Å². The highest BCUT2D eigenvalue weighted by atomic mass is 16.3. The number of fused-ring (bicyclic) bond motifs is 2. The Labute approximate surface area is 226 Å². The van der Waals surface area contributed by atoms with Gasteiger partial charge in [-0.3, -0.25) is 10.2 Å². The van der Waals surface area contributed by atoms with E-state index in [1.165, 1.54) is 0 Å². The van der Waals surface area contributed by atoms with Crippen LogP contribution in [0, 0.1) is 17.2 Å². The maximum Gasteiger partial charge on any atom is 0.323 e. The third-order valence-electron chi connectivity index (χ3n) is 6.68. The van der Waals surface area contributed by atoms with Gasteiger partial charge in [0.05, 0.1) is 22.7 Å². The molecule has 1 aliphatic heterocycles. The Morgan fingerprint density at radius 3 is 2.70 bits per heavy atom. The van der Waals surface area contributed by atoms with Crippen LogP contribution in [0.1, 0.15) is 17.3 Å². The number of aromatic hydroxyl groups is 1. The summed E-state index contributed by atoms with van der Waals surface area (Å²) in [7, 11) is 0. The lowest BCUT2D eigenvalue weighted by molar-refractivity contribution is 0.102. The lowest BCUT2D eigenvalue weighted by atomic mass is 10.0. The molecule has 5 aromatic rings. The van der Waals surface area contributed by atoms with Crippen LogP contribution in [0.2, 0.25) is 0 Å². The zero-order valence-electron chi connectivity index (χ0n) is 21.1. The van der Waals surface area contributed by atoms with E-state index in [0.29, 0.717) is 39.1 Å². The number of rotatable bonds is 5. The van der Waals surface area contributed by atoms with Gasteiger partial charge < -0.3 is 20.4 Å². The van der Waals surface area contributed by atoms with Crippen LogP contribution >= 0.6 is 0 Å². The minimum atomic E-state index is -0.607. The first-order valence-electron chi connectivity index (χ1n) is 12.4. The summed E-state index contributed by atoms with van der Waals surface area (Å²) in [6.45, 7) is 1.87. The van der Waals surface area contributed by atoms with Gasteiger partial charge in [-0.05, 0) is 48.7 Å². The number of anilines is 3. The number of hydrogen-bond donors (Lipinski definition) is 6. The minimum Gasteiger partial charge on any atom is -0.505 e. The number of carbonyl (C=O) groups is 1. The molecule has 198 valence electrons. The average molecular weight is 534 g/mol. The van der Waals surface area contributed by atoms with Crippen molar-refractivity contribution in [2.24, 2.45) is 11.0 Å². The van der Waals surface area contributed by atoms with Gasteiger partial charge in [0.2, 0.25) is 0 Å². The number of hydrazine groups is 1. The van der Waals surface area contributed by atoms with E-state index in [2.05, 4.69) is 42.3 Å². The number of aromatic nitrogens is 3. The molecule has 0 radical (unpaired) electrons. The molecule has 0 aliphatic carbocycles. The van der Waals surface area contributed by atoms with E-state index in [-0.39, 0.29) is 28.7 Å².